The van der Waals surface area contributed by atoms with Gasteiger partial charge < -0.3 is 4.74 Å². The Hall–Kier alpha value is -3.80. The largest absolute Gasteiger partial charge is 0.426 e. The molecule has 1 aliphatic rings. The molecule has 3 aromatic rings. The Morgan fingerprint density at radius 1 is 0.828 bits per heavy atom. The number of hydrogen-bond donors (Lipinski definition) is 0. The van der Waals surface area contributed by atoms with E-state index in [9.17, 15) is 18.8 Å². The second-order valence-corrected chi connectivity index (χ2v) is 6.58. The fraction of sp³-hybridized carbons (Fsp3) is 0.0870. The van der Waals surface area contributed by atoms with E-state index in [1.165, 1.54) is 24.3 Å². The van der Waals surface area contributed by atoms with Crippen molar-refractivity contribution in [1.82, 2.24) is 4.90 Å². The number of nitrogens with zero attached hydrogens (tertiary/aromatic N) is 1. The van der Waals surface area contributed by atoms with E-state index in [4.69, 9.17) is 4.74 Å². The summed E-state index contributed by atoms with van der Waals surface area (Å²) in [6.45, 7) is 0. The van der Waals surface area contributed by atoms with Crippen molar-refractivity contribution in [2.75, 3.05) is 0 Å². The number of hydrogen-bond acceptors (Lipinski definition) is 4. The van der Waals surface area contributed by atoms with Crippen LogP contribution < -0.4 is 4.74 Å². The van der Waals surface area contributed by atoms with Gasteiger partial charge in [-0.25, -0.2) is 4.39 Å². The molecule has 144 valence electrons. The Balaban J connectivity index is 1.66. The van der Waals surface area contributed by atoms with Crippen LogP contribution in [-0.4, -0.2) is 22.7 Å². The summed E-state index contributed by atoms with van der Waals surface area (Å²) in [5.41, 5.74) is 1.02. The highest BCUT2D eigenvalue weighted by Gasteiger charge is 2.41. The number of halogens is 1. The smallest absolute Gasteiger partial charge is 0.313 e. The van der Waals surface area contributed by atoms with E-state index in [1.54, 1.807) is 54.6 Å². The van der Waals surface area contributed by atoms with Gasteiger partial charge in [-0.3, -0.25) is 19.3 Å². The number of amides is 2. The normalized spacial score (nSPS) is 13.9. The highest BCUT2D eigenvalue weighted by atomic mass is 19.1. The predicted octanol–water partition coefficient (Wildman–Crippen LogP) is 4.16. The standard InChI is InChI=1S/C23H16FNO4/c24-16-12-10-15(11-13-16)20(14-21(26)29-17-6-2-1-3-7-17)25-22(27)18-8-4-5-9-19(18)23(25)28/h1-13,20H,14H2. The monoisotopic (exact) mass is 389 g/mol. The molecule has 0 saturated carbocycles. The van der Waals surface area contributed by atoms with Crippen LogP contribution in [0.3, 0.4) is 0 Å². The van der Waals surface area contributed by atoms with Gasteiger partial charge in [-0.15, -0.1) is 0 Å². The summed E-state index contributed by atoms with van der Waals surface area (Å²) in [5, 5.41) is 0. The molecule has 6 heteroatoms. The summed E-state index contributed by atoms with van der Waals surface area (Å²) >= 11 is 0. The van der Waals surface area contributed by atoms with Gasteiger partial charge in [0.25, 0.3) is 11.8 Å². The molecule has 5 nitrogen and oxygen atoms in total. The first kappa shape index (κ1) is 18.6. The molecule has 0 N–H and O–H groups in total. The minimum atomic E-state index is -0.917. The summed E-state index contributed by atoms with van der Waals surface area (Å²) in [6, 6.07) is 19.4. The highest BCUT2D eigenvalue weighted by molar-refractivity contribution is 6.21. The minimum absolute atomic E-state index is 0.258. The molecule has 0 saturated heterocycles. The van der Waals surface area contributed by atoms with E-state index in [-0.39, 0.29) is 17.5 Å². The number of imide groups is 1. The van der Waals surface area contributed by atoms with Crippen LogP contribution in [0, 0.1) is 5.82 Å². The van der Waals surface area contributed by atoms with Crippen molar-refractivity contribution in [3.05, 3.63) is 101 Å². The van der Waals surface area contributed by atoms with Crippen LogP contribution in [0.25, 0.3) is 0 Å². The first-order valence-electron chi connectivity index (χ1n) is 9.02. The number of carbonyl (C=O) groups excluding carboxylic acids is 3. The van der Waals surface area contributed by atoms with Crippen LogP contribution in [0.2, 0.25) is 0 Å². The molecule has 1 unspecified atom stereocenters. The first-order chi connectivity index (χ1) is 14.0. The Bertz CT molecular complexity index is 1040. The molecule has 3 aromatic carbocycles. The lowest BCUT2D eigenvalue weighted by atomic mass is 10.0. The van der Waals surface area contributed by atoms with E-state index >= 15 is 0 Å². The van der Waals surface area contributed by atoms with Gasteiger partial charge in [0, 0.05) is 0 Å². The molecule has 2 amide bonds. The van der Waals surface area contributed by atoms with Gasteiger partial charge >= 0.3 is 5.97 Å². The van der Waals surface area contributed by atoms with Crippen LogP contribution in [0.1, 0.15) is 38.7 Å². The van der Waals surface area contributed by atoms with Crippen LogP contribution in [0.4, 0.5) is 4.39 Å². The fourth-order valence-electron chi connectivity index (χ4n) is 3.35. The Morgan fingerprint density at radius 2 is 1.38 bits per heavy atom. The maximum Gasteiger partial charge on any atom is 0.313 e. The van der Waals surface area contributed by atoms with Crippen molar-refractivity contribution in [2.24, 2.45) is 0 Å². The lowest BCUT2D eigenvalue weighted by Crippen LogP contribution is -2.36. The third-order valence-electron chi connectivity index (χ3n) is 4.73. The quantitative estimate of drug-likeness (QED) is 0.373. The van der Waals surface area contributed by atoms with Gasteiger partial charge in [-0.1, -0.05) is 42.5 Å². The molecule has 1 atom stereocenters. The zero-order valence-corrected chi connectivity index (χ0v) is 15.2. The molecule has 0 spiro atoms. The van der Waals surface area contributed by atoms with Crippen molar-refractivity contribution in [3.63, 3.8) is 0 Å². The van der Waals surface area contributed by atoms with Gasteiger partial charge in [0.15, 0.2) is 0 Å². The topological polar surface area (TPSA) is 63.7 Å². The predicted molar refractivity (Wildman–Crippen MR) is 103 cm³/mol. The van der Waals surface area contributed by atoms with E-state index in [2.05, 4.69) is 0 Å². The first-order valence-corrected chi connectivity index (χ1v) is 9.02. The number of ether oxygens (including phenoxy) is 1. The van der Waals surface area contributed by atoms with Crippen LogP contribution >= 0.6 is 0 Å². The molecule has 4 rings (SSSR count). The third-order valence-corrected chi connectivity index (χ3v) is 4.73. The molecule has 0 aromatic heterocycles. The molecular formula is C23H16FNO4. The molecule has 29 heavy (non-hydrogen) atoms. The van der Waals surface area contributed by atoms with Crippen molar-refractivity contribution in [3.8, 4) is 5.75 Å². The maximum atomic E-state index is 13.4. The van der Waals surface area contributed by atoms with Gasteiger partial charge in [0.2, 0.25) is 0 Å². The lowest BCUT2D eigenvalue weighted by molar-refractivity contribution is -0.135. The van der Waals surface area contributed by atoms with Crippen LogP contribution in [0.5, 0.6) is 5.75 Å². The molecule has 1 heterocycles. The molecule has 0 aliphatic carbocycles. The van der Waals surface area contributed by atoms with E-state index in [1.807, 2.05) is 0 Å². The number of para-hydroxylation sites is 1. The van der Waals surface area contributed by atoms with Crippen molar-refractivity contribution >= 4 is 17.8 Å². The van der Waals surface area contributed by atoms with Gasteiger partial charge in [0.1, 0.15) is 11.6 Å². The van der Waals surface area contributed by atoms with Gasteiger partial charge in [-0.2, -0.15) is 0 Å². The molecule has 0 radical (unpaired) electrons. The second kappa shape index (κ2) is 7.67. The lowest BCUT2D eigenvalue weighted by Gasteiger charge is -2.26. The summed E-state index contributed by atoms with van der Waals surface area (Å²) in [7, 11) is 0. The summed E-state index contributed by atoms with van der Waals surface area (Å²) < 4.78 is 18.7. The molecule has 0 bridgehead atoms. The zero-order chi connectivity index (χ0) is 20.4. The SMILES string of the molecule is O=C(CC(c1ccc(F)cc1)N1C(=O)c2ccccc2C1=O)Oc1ccccc1. The Kier molecular flexibility index (Phi) is 4.91. The van der Waals surface area contributed by atoms with E-state index in [0.717, 1.165) is 4.90 Å². The fourth-order valence-corrected chi connectivity index (χ4v) is 3.35. The number of carbonyl (C=O) groups is 3. The molecule has 0 fully saturated rings. The maximum absolute atomic E-state index is 13.4. The third kappa shape index (κ3) is 3.65. The van der Waals surface area contributed by atoms with Crippen molar-refractivity contribution < 1.29 is 23.5 Å². The van der Waals surface area contributed by atoms with Crippen LogP contribution in [-0.2, 0) is 4.79 Å². The number of benzene rings is 3. The second-order valence-electron chi connectivity index (χ2n) is 6.58. The average Bonchev–Trinajstić information content (AvgIpc) is 2.98. The zero-order valence-electron chi connectivity index (χ0n) is 15.2. The van der Waals surface area contributed by atoms with Gasteiger partial charge in [-0.05, 0) is 42.0 Å². The van der Waals surface area contributed by atoms with E-state index < -0.39 is 29.6 Å². The molecule has 1 aliphatic heterocycles. The highest BCUT2D eigenvalue weighted by Crippen LogP contribution is 2.34. The van der Waals surface area contributed by atoms with Crippen LogP contribution in [0.15, 0.2) is 78.9 Å². The number of rotatable bonds is 5. The number of esters is 1. The van der Waals surface area contributed by atoms with Gasteiger partial charge in [0.05, 0.1) is 23.6 Å². The Morgan fingerprint density at radius 3 is 1.97 bits per heavy atom. The summed E-state index contributed by atoms with van der Waals surface area (Å²) in [6.07, 6.45) is -0.258. The number of fused-ring (bicyclic) bond motifs is 1. The molecular weight excluding hydrogens is 373 g/mol. The van der Waals surface area contributed by atoms with Crippen molar-refractivity contribution in [2.45, 2.75) is 12.5 Å². The van der Waals surface area contributed by atoms with Crippen molar-refractivity contribution in [1.29, 1.82) is 0 Å². The Labute approximate surface area is 166 Å². The average molecular weight is 389 g/mol. The van der Waals surface area contributed by atoms with E-state index in [0.29, 0.717) is 11.3 Å². The summed E-state index contributed by atoms with van der Waals surface area (Å²) in [5.74, 6) is -1.69. The minimum Gasteiger partial charge on any atom is -0.426 e. The summed E-state index contributed by atoms with van der Waals surface area (Å²) in [4.78, 5) is 39.4.